The van der Waals surface area contributed by atoms with Crippen LogP contribution in [0.25, 0.3) is 0 Å². The molecule has 0 N–H and O–H groups in total. The van der Waals surface area contributed by atoms with E-state index in [1.54, 1.807) is 0 Å². The van der Waals surface area contributed by atoms with E-state index in [4.69, 9.17) is 0 Å². The van der Waals surface area contributed by atoms with Crippen molar-refractivity contribution in [3.8, 4) is 0 Å². The fourth-order valence-corrected chi connectivity index (χ4v) is 3.10. The van der Waals surface area contributed by atoms with Crippen LogP contribution < -0.4 is 0 Å². The molecule has 0 amide bonds. The lowest BCUT2D eigenvalue weighted by Crippen LogP contribution is -2.27. The van der Waals surface area contributed by atoms with Crippen LogP contribution >= 0.6 is 0 Å². The largest absolute Gasteiger partial charge is 0.0619 e. The van der Waals surface area contributed by atoms with Gasteiger partial charge < -0.3 is 0 Å². The Morgan fingerprint density at radius 3 is 1.80 bits per heavy atom. The first-order chi connectivity index (χ1) is 8.86. The van der Waals surface area contributed by atoms with Crippen LogP contribution in [0.3, 0.4) is 0 Å². The molecule has 0 unspecified atom stereocenters. The molecule has 1 aromatic carbocycles. The predicted molar refractivity (Wildman–Crippen MR) is 91.4 cm³/mol. The van der Waals surface area contributed by atoms with Crippen molar-refractivity contribution >= 4 is 0 Å². The van der Waals surface area contributed by atoms with Gasteiger partial charge in [0, 0.05) is 0 Å². The van der Waals surface area contributed by atoms with Gasteiger partial charge in [-0.3, -0.25) is 0 Å². The van der Waals surface area contributed by atoms with Crippen LogP contribution in [-0.2, 0) is 10.8 Å². The van der Waals surface area contributed by atoms with Gasteiger partial charge in [0.25, 0.3) is 0 Å². The Kier molecular flexibility index (Phi) is 4.79. The molecule has 20 heavy (non-hydrogen) atoms. The molecule has 1 aromatic rings. The maximum Gasteiger partial charge on any atom is -0.00805 e. The highest BCUT2D eigenvalue weighted by Crippen LogP contribution is 2.38. The van der Waals surface area contributed by atoms with Crippen molar-refractivity contribution in [3.05, 3.63) is 35.4 Å². The topological polar surface area (TPSA) is 0 Å². The fraction of sp³-hybridized carbons (Fsp3) is 0.700. The Morgan fingerprint density at radius 2 is 1.35 bits per heavy atom. The molecule has 0 nitrogen and oxygen atoms in total. The molecule has 0 aliphatic rings. The average molecular weight is 274 g/mol. The SMILES string of the molecule is CC(C)C(C)(C)c1cccc(C(C)(C)CC(C)(C)C)c1. The van der Waals surface area contributed by atoms with Crippen LogP contribution in [0.5, 0.6) is 0 Å². The molecule has 0 aromatic heterocycles. The molecule has 114 valence electrons. The zero-order valence-corrected chi connectivity index (χ0v) is 15.1. The molecule has 0 aliphatic carbocycles. The Hall–Kier alpha value is -0.780. The second-order valence-electron chi connectivity index (χ2n) is 9.08. The first kappa shape index (κ1) is 17.3. The van der Waals surface area contributed by atoms with E-state index >= 15 is 0 Å². The van der Waals surface area contributed by atoms with E-state index in [9.17, 15) is 0 Å². The van der Waals surface area contributed by atoms with Gasteiger partial charge in [-0.15, -0.1) is 0 Å². The van der Waals surface area contributed by atoms with E-state index in [1.807, 2.05) is 0 Å². The van der Waals surface area contributed by atoms with Crippen LogP contribution in [0.1, 0.15) is 79.9 Å². The van der Waals surface area contributed by atoms with Gasteiger partial charge in [-0.05, 0) is 39.7 Å². The highest BCUT2D eigenvalue weighted by Gasteiger charge is 2.30. The molecule has 0 saturated heterocycles. The summed E-state index contributed by atoms with van der Waals surface area (Å²) in [7, 11) is 0. The summed E-state index contributed by atoms with van der Waals surface area (Å²) in [4.78, 5) is 0. The van der Waals surface area contributed by atoms with Gasteiger partial charge in [-0.2, -0.15) is 0 Å². The Labute approximate surface area is 127 Å². The third-order valence-electron chi connectivity index (χ3n) is 4.80. The Morgan fingerprint density at radius 1 is 0.850 bits per heavy atom. The number of rotatable bonds is 4. The third kappa shape index (κ3) is 4.11. The fourth-order valence-electron chi connectivity index (χ4n) is 3.10. The lowest BCUT2D eigenvalue weighted by atomic mass is 9.69. The smallest absolute Gasteiger partial charge is 0.00805 e. The molecule has 0 saturated carbocycles. The van der Waals surface area contributed by atoms with Crippen molar-refractivity contribution in [1.82, 2.24) is 0 Å². The summed E-state index contributed by atoms with van der Waals surface area (Å²) in [5.74, 6) is 0.642. The van der Waals surface area contributed by atoms with Gasteiger partial charge in [-0.1, -0.05) is 86.6 Å². The van der Waals surface area contributed by atoms with Crippen LogP contribution in [0.2, 0.25) is 0 Å². The van der Waals surface area contributed by atoms with Crippen molar-refractivity contribution in [3.63, 3.8) is 0 Å². The summed E-state index contributed by atoms with van der Waals surface area (Å²) < 4.78 is 0. The average Bonchev–Trinajstić information content (AvgIpc) is 2.25. The first-order valence-electron chi connectivity index (χ1n) is 7.97. The molecule has 0 heterocycles. The van der Waals surface area contributed by atoms with Crippen molar-refractivity contribution in [2.75, 3.05) is 0 Å². The van der Waals surface area contributed by atoms with Crippen molar-refractivity contribution in [2.24, 2.45) is 11.3 Å². The van der Waals surface area contributed by atoms with Crippen LogP contribution in [-0.4, -0.2) is 0 Å². The zero-order chi connectivity index (χ0) is 15.8. The molecule has 0 spiro atoms. The highest BCUT2D eigenvalue weighted by molar-refractivity contribution is 5.33. The predicted octanol–water partition coefficient (Wildman–Crippen LogP) is 6.33. The second kappa shape index (κ2) is 5.54. The normalized spacial score (nSPS) is 13.9. The number of hydrogen-bond donors (Lipinski definition) is 0. The molecule has 1 rings (SSSR count). The Bertz CT molecular complexity index is 441. The minimum atomic E-state index is 0.224. The van der Waals surface area contributed by atoms with E-state index in [0.29, 0.717) is 11.3 Å². The molecule has 0 radical (unpaired) electrons. The van der Waals surface area contributed by atoms with Gasteiger partial charge in [0.1, 0.15) is 0 Å². The number of hydrogen-bond acceptors (Lipinski definition) is 0. The molecular weight excluding hydrogens is 240 g/mol. The lowest BCUT2D eigenvalue weighted by Gasteiger charge is -2.35. The molecular formula is C20H34. The zero-order valence-electron chi connectivity index (χ0n) is 15.1. The van der Waals surface area contributed by atoms with Gasteiger partial charge in [0.15, 0.2) is 0 Å². The summed E-state index contributed by atoms with van der Waals surface area (Å²) in [6.45, 7) is 21.1. The van der Waals surface area contributed by atoms with E-state index in [0.717, 1.165) is 0 Å². The van der Waals surface area contributed by atoms with Crippen LogP contribution in [0, 0.1) is 11.3 Å². The van der Waals surface area contributed by atoms with E-state index in [2.05, 4.69) is 86.6 Å². The Balaban J connectivity index is 3.17. The summed E-state index contributed by atoms with van der Waals surface area (Å²) >= 11 is 0. The third-order valence-corrected chi connectivity index (χ3v) is 4.80. The van der Waals surface area contributed by atoms with E-state index in [1.165, 1.54) is 17.5 Å². The van der Waals surface area contributed by atoms with Crippen molar-refractivity contribution < 1.29 is 0 Å². The van der Waals surface area contributed by atoms with E-state index in [-0.39, 0.29) is 10.8 Å². The minimum absolute atomic E-state index is 0.224. The van der Waals surface area contributed by atoms with Crippen LogP contribution in [0.15, 0.2) is 24.3 Å². The molecule has 0 atom stereocenters. The lowest BCUT2D eigenvalue weighted by molar-refractivity contribution is 0.283. The van der Waals surface area contributed by atoms with Gasteiger partial charge in [0.05, 0.1) is 0 Å². The highest BCUT2D eigenvalue weighted by atomic mass is 14.3. The summed E-state index contributed by atoms with van der Waals surface area (Å²) in [5.41, 5.74) is 3.74. The quantitative estimate of drug-likeness (QED) is 0.601. The minimum Gasteiger partial charge on any atom is -0.0619 e. The molecule has 0 bridgehead atoms. The second-order valence-corrected chi connectivity index (χ2v) is 9.08. The molecule has 0 heteroatoms. The monoisotopic (exact) mass is 274 g/mol. The molecule has 0 fully saturated rings. The van der Waals surface area contributed by atoms with Gasteiger partial charge in [-0.25, -0.2) is 0 Å². The summed E-state index contributed by atoms with van der Waals surface area (Å²) in [6, 6.07) is 9.26. The van der Waals surface area contributed by atoms with E-state index < -0.39 is 0 Å². The first-order valence-corrected chi connectivity index (χ1v) is 7.97. The summed E-state index contributed by atoms with van der Waals surface area (Å²) in [5, 5.41) is 0. The molecule has 0 aliphatic heterocycles. The van der Waals surface area contributed by atoms with Crippen LogP contribution in [0.4, 0.5) is 0 Å². The van der Waals surface area contributed by atoms with Gasteiger partial charge >= 0.3 is 0 Å². The number of benzene rings is 1. The standard InChI is InChI=1S/C20H34/c1-15(2)20(8,9)17-12-10-11-16(13-17)19(6,7)14-18(3,4)5/h10-13,15H,14H2,1-9H3. The summed E-state index contributed by atoms with van der Waals surface area (Å²) in [6.07, 6.45) is 1.20. The maximum atomic E-state index is 2.44. The van der Waals surface area contributed by atoms with Gasteiger partial charge in [0.2, 0.25) is 0 Å². The maximum absolute atomic E-state index is 2.44. The van der Waals surface area contributed by atoms with Crippen molar-refractivity contribution in [2.45, 2.75) is 79.6 Å². The van der Waals surface area contributed by atoms with Crippen molar-refractivity contribution in [1.29, 1.82) is 0 Å².